The minimum atomic E-state index is -0.143. The van der Waals surface area contributed by atoms with Crippen molar-refractivity contribution < 1.29 is 9.53 Å². The van der Waals surface area contributed by atoms with Gasteiger partial charge < -0.3 is 15.0 Å². The number of fused-ring (bicyclic) bond motifs is 1. The van der Waals surface area contributed by atoms with Crippen LogP contribution in [0.4, 0.5) is 5.95 Å². The fraction of sp³-hybridized carbons (Fsp3) is 0.500. The van der Waals surface area contributed by atoms with E-state index in [1.165, 1.54) is 0 Å². The number of benzene rings is 1. The highest BCUT2D eigenvalue weighted by Crippen LogP contribution is 2.31. The van der Waals surface area contributed by atoms with Crippen molar-refractivity contribution in [2.75, 3.05) is 44.3 Å². The number of nitrogens with one attached hydrogen (secondary N) is 1. The summed E-state index contributed by atoms with van der Waals surface area (Å²) in [4.78, 5) is 26.6. The van der Waals surface area contributed by atoms with Gasteiger partial charge in [0.2, 0.25) is 5.95 Å². The minimum absolute atomic E-state index is 0.0663. The third kappa shape index (κ3) is 3.84. The molecule has 0 bridgehead atoms. The molecule has 3 aliphatic heterocycles. The normalized spacial score (nSPS) is 25.0. The lowest BCUT2D eigenvalue weighted by atomic mass is 9.91. The van der Waals surface area contributed by atoms with Crippen LogP contribution in [0, 0.1) is 0 Å². The van der Waals surface area contributed by atoms with Crippen LogP contribution >= 0.6 is 0 Å². The Morgan fingerprint density at radius 1 is 1.10 bits per heavy atom. The number of likely N-dealkylation sites (tertiary alicyclic amines) is 1. The van der Waals surface area contributed by atoms with Crippen LogP contribution in [-0.2, 0) is 17.7 Å². The zero-order chi connectivity index (χ0) is 19.7. The number of aromatic nitrogens is 2. The molecule has 1 aromatic heterocycles. The van der Waals surface area contributed by atoms with E-state index in [4.69, 9.17) is 9.72 Å². The second-order valence-electron chi connectivity index (χ2n) is 8.30. The molecular formula is C22H27N5O2. The third-order valence-electron chi connectivity index (χ3n) is 6.33. The number of amides is 1. The quantitative estimate of drug-likeness (QED) is 0.855. The molecule has 1 spiro atoms. The van der Waals surface area contributed by atoms with E-state index < -0.39 is 0 Å². The highest BCUT2D eigenvalue weighted by Gasteiger charge is 2.41. The second-order valence-corrected chi connectivity index (χ2v) is 8.30. The van der Waals surface area contributed by atoms with Crippen LogP contribution in [0.1, 0.15) is 34.5 Å². The summed E-state index contributed by atoms with van der Waals surface area (Å²) in [6, 6.07) is 9.97. The summed E-state index contributed by atoms with van der Waals surface area (Å²) < 4.78 is 5.43. The van der Waals surface area contributed by atoms with Crippen LogP contribution in [-0.4, -0.2) is 65.7 Å². The summed E-state index contributed by atoms with van der Waals surface area (Å²) in [5.41, 5.74) is 2.87. The summed E-state index contributed by atoms with van der Waals surface area (Å²) in [5, 5.41) is 3.35. The van der Waals surface area contributed by atoms with Gasteiger partial charge in [-0.2, -0.15) is 0 Å². The van der Waals surface area contributed by atoms with Crippen molar-refractivity contribution in [2.45, 2.75) is 31.3 Å². The molecule has 29 heavy (non-hydrogen) atoms. The van der Waals surface area contributed by atoms with Crippen molar-refractivity contribution in [3.8, 4) is 0 Å². The van der Waals surface area contributed by atoms with Crippen molar-refractivity contribution in [3.63, 3.8) is 0 Å². The van der Waals surface area contributed by atoms with Crippen molar-refractivity contribution in [1.29, 1.82) is 0 Å². The highest BCUT2D eigenvalue weighted by molar-refractivity contribution is 5.96. The first kappa shape index (κ1) is 18.5. The Labute approximate surface area is 171 Å². The SMILES string of the molecule is O=C1N[C@@]2(CCc3ccccc31)CCN(Cc1ccnc(N3CCOCC3)n1)C2. The van der Waals surface area contributed by atoms with E-state index in [1.54, 1.807) is 0 Å². The summed E-state index contributed by atoms with van der Waals surface area (Å²) in [7, 11) is 0. The fourth-order valence-corrected chi connectivity index (χ4v) is 4.72. The van der Waals surface area contributed by atoms with Gasteiger partial charge in [-0.15, -0.1) is 0 Å². The Morgan fingerprint density at radius 3 is 2.86 bits per heavy atom. The second kappa shape index (κ2) is 7.72. The van der Waals surface area contributed by atoms with Gasteiger partial charge in [0.15, 0.2) is 0 Å². The predicted octanol–water partition coefficient (Wildman–Crippen LogP) is 1.63. The third-order valence-corrected chi connectivity index (χ3v) is 6.33. The molecule has 1 N–H and O–H groups in total. The molecule has 152 valence electrons. The van der Waals surface area contributed by atoms with Gasteiger partial charge in [0.1, 0.15) is 0 Å². The Balaban J connectivity index is 1.26. The average molecular weight is 393 g/mol. The van der Waals surface area contributed by atoms with Crippen LogP contribution < -0.4 is 10.2 Å². The van der Waals surface area contributed by atoms with Gasteiger partial charge in [0, 0.05) is 44.5 Å². The first-order chi connectivity index (χ1) is 14.2. The zero-order valence-electron chi connectivity index (χ0n) is 16.6. The molecular weight excluding hydrogens is 366 g/mol. The van der Waals surface area contributed by atoms with Gasteiger partial charge in [-0.1, -0.05) is 18.2 Å². The highest BCUT2D eigenvalue weighted by atomic mass is 16.5. The Bertz CT molecular complexity index is 898. The molecule has 2 fully saturated rings. The van der Waals surface area contributed by atoms with E-state index in [0.29, 0.717) is 0 Å². The van der Waals surface area contributed by atoms with Crippen LogP contribution in [0.3, 0.4) is 0 Å². The molecule has 1 atom stereocenters. The predicted molar refractivity (Wildman–Crippen MR) is 110 cm³/mol. The minimum Gasteiger partial charge on any atom is -0.378 e. The summed E-state index contributed by atoms with van der Waals surface area (Å²) in [5.74, 6) is 0.856. The van der Waals surface area contributed by atoms with E-state index in [9.17, 15) is 4.79 Å². The number of carbonyl (C=O) groups is 1. The zero-order valence-corrected chi connectivity index (χ0v) is 16.6. The first-order valence-electron chi connectivity index (χ1n) is 10.5. The molecule has 5 rings (SSSR count). The van der Waals surface area contributed by atoms with Crippen molar-refractivity contribution >= 4 is 11.9 Å². The molecule has 3 aliphatic rings. The molecule has 0 radical (unpaired) electrons. The van der Waals surface area contributed by atoms with E-state index in [2.05, 4.69) is 26.2 Å². The van der Waals surface area contributed by atoms with Gasteiger partial charge >= 0.3 is 0 Å². The fourth-order valence-electron chi connectivity index (χ4n) is 4.72. The first-order valence-corrected chi connectivity index (χ1v) is 10.5. The monoisotopic (exact) mass is 393 g/mol. The Kier molecular flexibility index (Phi) is 4.93. The molecule has 0 unspecified atom stereocenters. The average Bonchev–Trinajstić information content (AvgIpc) is 3.09. The van der Waals surface area contributed by atoms with Gasteiger partial charge in [0.25, 0.3) is 5.91 Å². The van der Waals surface area contributed by atoms with Crippen LogP contribution in [0.5, 0.6) is 0 Å². The number of carbonyl (C=O) groups excluding carboxylic acids is 1. The number of hydrogen-bond donors (Lipinski definition) is 1. The number of rotatable bonds is 3. The van der Waals surface area contributed by atoms with Crippen molar-refractivity contribution in [2.24, 2.45) is 0 Å². The van der Waals surface area contributed by atoms with Gasteiger partial charge in [-0.3, -0.25) is 9.69 Å². The molecule has 1 aromatic carbocycles. The molecule has 0 aliphatic carbocycles. The molecule has 1 amide bonds. The van der Waals surface area contributed by atoms with E-state index in [-0.39, 0.29) is 11.4 Å². The number of anilines is 1. The summed E-state index contributed by atoms with van der Waals surface area (Å²) in [6.07, 6.45) is 4.75. The Hall–Kier alpha value is -2.51. The van der Waals surface area contributed by atoms with E-state index in [0.717, 1.165) is 88.0 Å². The van der Waals surface area contributed by atoms with Crippen LogP contribution in [0.25, 0.3) is 0 Å². The number of nitrogens with zero attached hydrogens (tertiary/aromatic N) is 4. The molecule has 2 aromatic rings. The molecule has 7 heteroatoms. The van der Waals surface area contributed by atoms with E-state index in [1.807, 2.05) is 30.5 Å². The number of aryl methyl sites for hydroxylation is 1. The van der Waals surface area contributed by atoms with Crippen molar-refractivity contribution in [1.82, 2.24) is 20.2 Å². The number of hydrogen-bond acceptors (Lipinski definition) is 6. The van der Waals surface area contributed by atoms with Gasteiger partial charge in [-0.05, 0) is 37.0 Å². The molecule has 4 heterocycles. The topological polar surface area (TPSA) is 70.6 Å². The summed E-state index contributed by atoms with van der Waals surface area (Å²) >= 11 is 0. The molecule has 7 nitrogen and oxygen atoms in total. The maximum atomic E-state index is 12.8. The van der Waals surface area contributed by atoms with Crippen molar-refractivity contribution in [3.05, 3.63) is 53.3 Å². The van der Waals surface area contributed by atoms with Crippen LogP contribution in [0.15, 0.2) is 36.5 Å². The maximum Gasteiger partial charge on any atom is 0.252 e. The number of morpholine rings is 1. The number of ether oxygens (including phenoxy) is 1. The summed E-state index contributed by atoms with van der Waals surface area (Å²) in [6.45, 7) is 5.74. The van der Waals surface area contributed by atoms with Crippen LogP contribution in [0.2, 0.25) is 0 Å². The van der Waals surface area contributed by atoms with Gasteiger partial charge in [0.05, 0.1) is 24.4 Å². The standard InChI is InChI=1S/C22H27N5O2/c28-20-19-4-2-1-3-17(19)5-7-22(25-20)8-10-26(16-22)15-18-6-9-23-21(24-18)27-11-13-29-14-12-27/h1-4,6,9H,5,7-8,10-16H2,(H,25,28)/t22-/m0/s1. The lowest BCUT2D eigenvalue weighted by Crippen LogP contribution is -2.49. The maximum absolute atomic E-state index is 12.8. The molecule has 0 saturated carbocycles. The smallest absolute Gasteiger partial charge is 0.252 e. The largest absolute Gasteiger partial charge is 0.378 e. The Morgan fingerprint density at radius 2 is 1.97 bits per heavy atom. The molecule has 2 saturated heterocycles. The lowest BCUT2D eigenvalue weighted by molar-refractivity contribution is 0.0902. The van der Waals surface area contributed by atoms with Gasteiger partial charge in [-0.25, -0.2) is 9.97 Å². The van der Waals surface area contributed by atoms with E-state index >= 15 is 0 Å². The lowest BCUT2D eigenvalue weighted by Gasteiger charge is -2.29.